The van der Waals surface area contributed by atoms with Crippen molar-refractivity contribution >= 4 is 27.5 Å². The van der Waals surface area contributed by atoms with Crippen LogP contribution in [0.15, 0.2) is 24.3 Å². The van der Waals surface area contributed by atoms with E-state index in [2.05, 4.69) is 16.0 Å². The van der Waals surface area contributed by atoms with Crippen LogP contribution in [-0.2, 0) is 14.6 Å². The molecule has 0 aliphatic carbocycles. The van der Waals surface area contributed by atoms with Crippen LogP contribution >= 0.6 is 0 Å². The Morgan fingerprint density at radius 3 is 2.76 bits per heavy atom. The second-order valence-electron chi connectivity index (χ2n) is 6.39. The van der Waals surface area contributed by atoms with Gasteiger partial charge in [0, 0.05) is 6.42 Å². The van der Waals surface area contributed by atoms with Gasteiger partial charge in [0.15, 0.2) is 9.84 Å². The number of amides is 3. The molecular formula is C16H20FN3O4S. The molecule has 9 heteroatoms. The summed E-state index contributed by atoms with van der Waals surface area (Å²) >= 11 is 0. The van der Waals surface area contributed by atoms with Crippen molar-refractivity contribution in [3.63, 3.8) is 0 Å². The Bertz CT molecular complexity index is 783. The van der Waals surface area contributed by atoms with Gasteiger partial charge in [0.1, 0.15) is 5.82 Å². The maximum atomic E-state index is 13.5. The van der Waals surface area contributed by atoms with Crippen molar-refractivity contribution < 1.29 is 22.4 Å². The molecule has 1 aromatic carbocycles. The molecule has 2 saturated heterocycles. The van der Waals surface area contributed by atoms with Gasteiger partial charge in [-0.2, -0.15) is 0 Å². The maximum absolute atomic E-state index is 13.5. The van der Waals surface area contributed by atoms with E-state index in [4.69, 9.17) is 0 Å². The topological polar surface area (TPSA) is 104 Å². The first-order chi connectivity index (χ1) is 11.9. The van der Waals surface area contributed by atoms with Crippen molar-refractivity contribution in [3.8, 4) is 0 Å². The third-order valence-corrected chi connectivity index (χ3v) is 6.89. The third kappa shape index (κ3) is 3.92. The highest BCUT2D eigenvalue weighted by Gasteiger charge is 2.51. The molecule has 0 spiro atoms. The van der Waals surface area contributed by atoms with E-state index in [0.717, 1.165) is 0 Å². The summed E-state index contributed by atoms with van der Waals surface area (Å²) in [7, 11) is -3.25. The molecule has 0 radical (unpaired) electrons. The first-order valence-corrected chi connectivity index (χ1v) is 9.91. The summed E-state index contributed by atoms with van der Waals surface area (Å²) in [5, 5.41) is 7.15. The molecule has 2 fully saturated rings. The number of hydrogen-bond donors (Lipinski definition) is 3. The maximum Gasteiger partial charge on any atom is 0.315 e. The summed E-state index contributed by atoms with van der Waals surface area (Å²) < 4.78 is 37.8. The van der Waals surface area contributed by atoms with Crippen LogP contribution in [0.4, 0.5) is 14.9 Å². The Labute approximate surface area is 145 Å². The van der Waals surface area contributed by atoms with Crippen LogP contribution in [0.5, 0.6) is 0 Å². The standard InChI is InChI=1S/C16H20FN3O4S/c17-10-5-1-2-6-11(10)18-14(21)8-4-3-7-13-15-12(9-25(13,23)24)19-16(22)20-15/h1-2,5-6,12-13,15H,3-4,7-9H2,(H,18,21)(H2,19,20,22)/t12-,13+,15+/m0/s1. The van der Waals surface area contributed by atoms with Crippen LogP contribution in [0.3, 0.4) is 0 Å². The Hall–Kier alpha value is -2.16. The van der Waals surface area contributed by atoms with Crippen LogP contribution in [0.1, 0.15) is 25.7 Å². The largest absolute Gasteiger partial charge is 0.332 e. The molecule has 0 unspecified atom stereocenters. The second-order valence-corrected chi connectivity index (χ2v) is 8.66. The minimum absolute atomic E-state index is 0.0468. The van der Waals surface area contributed by atoms with E-state index in [0.29, 0.717) is 19.3 Å². The summed E-state index contributed by atoms with van der Waals surface area (Å²) in [6.07, 6.45) is 1.59. The van der Waals surface area contributed by atoms with Gasteiger partial charge in [0.05, 0.1) is 28.8 Å². The number of urea groups is 1. The lowest BCUT2D eigenvalue weighted by Crippen LogP contribution is -2.39. The number of halogens is 1. The fraction of sp³-hybridized carbons (Fsp3) is 0.500. The lowest BCUT2D eigenvalue weighted by Gasteiger charge is -2.16. The molecule has 0 saturated carbocycles. The Morgan fingerprint density at radius 2 is 2.00 bits per heavy atom. The number of sulfone groups is 1. The first-order valence-electron chi connectivity index (χ1n) is 8.20. The zero-order valence-electron chi connectivity index (χ0n) is 13.5. The SMILES string of the molecule is O=C(CCCC[C@@H]1[C@@H]2NC(=O)N[C@H]2CS1(=O)=O)Nc1ccccc1F. The minimum Gasteiger partial charge on any atom is -0.332 e. The van der Waals surface area contributed by atoms with Crippen LogP contribution in [0.25, 0.3) is 0 Å². The van der Waals surface area contributed by atoms with Gasteiger partial charge in [-0.25, -0.2) is 17.6 Å². The van der Waals surface area contributed by atoms with Gasteiger partial charge in [0.2, 0.25) is 5.91 Å². The number of carbonyl (C=O) groups excluding carboxylic acids is 2. The Kier molecular flexibility index (Phi) is 4.94. The number of hydrogen-bond acceptors (Lipinski definition) is 4. The third-order valence-electron chi connectivity index (χ3n) is 4.61. The Balaban J connectivity index is 1.46. The highest BCUT2D eigenvalue weighted by molar-refractivity contribution is 7.92. The van der Waals surface area contributed by atoms with Crippen molar-refractivity contribution in [1.29, 1.82) is 0 Å². The molecule has 2 aliphatic rings. The molecule has 3 amide bonds. The highest BCUT2D eigenvalue weighted by atomic mass is 32.2. The fourth-order valence-electron chi connectivity index (χ4n) is 3.41. The normalized spacial score (nSPS) is 26.6. The Morgan fingerprint density at radius 1 is 1.24 bits per heavy atom. The molecule has 136 valence electrons. The summed E-state index contributed by atoms with van der Waals surface area (Å²) in [6.45, 7) is 0. The molecule has 2 heterocycles. The van der Waals surface area contributed by atoms with Gasteiger partial charge in [-0.15, -0.1) is 0 Å². The number of para-hydroxylation sites is 1. The number of carbonyl (C=O) groups is 2. The smallest absolute Gasteiger partial charge is 0.315 e. The molecule has 1 aromatic rings. The van der Waals surface area contributed by atoms with E-state index >= 15 is 0 Å². The lowest BCUT2D eigenvalue weighted by atomic mass is 10.0. The molecule has 25 heavy (non-hydrogen) atoms. The number of unbranched alkanes of at least 4 members (excludes halogenated alkanes) is 1. The van der Waals surface area contributed by atoms with E-state index in [9.17, 15) is 22.4 Å². The molecule has 3 rings (SSSR count). The van der Waals surface area contributed by atoms with Gasteiger partial charge >= 0.3 is 6.03 Å². The fourth-order valence-corrected chi connectivity index (χ4v) is 5.68. The molecular weight excluding hydrogens is 349 g/mol. The molecule has 3 atom stereocenters. The van der Waals surface area contributed by atoms with Crippen LogP contribution in [-0.4, -0.2) is 43.4 Å². The van der Waals surface area contributed by atoms with E-state index in [1.165, 1.54) is 18.2 Å². The van der Waals surface area contributed by atoms with E-state index in [1.54, 1.807) is 6.07 Å². The predicted octanol–water partition coefficient (Wildman–Crippen LogP) is 1.17. The quantitative estimate of drug-likeness (QED) is 0.517. The van der Waals surface area contributed by atoms with Crippen molar-refractivity contribution in [2.45, 2.75) is 43.0 Å². The van der Waals surface area contributed by atoms with Crippen molar-refractivity contribution in [1.82, 2.24) is 10.6 Å². The van der Waals surface area contributed by atoms with Crippen LogP contribution < -0.4 is 16.0 Å². The van der Waals surface area contributed by atoms with Crippen molar-refractivity contribution in [3.05, 3.63) is 30.1 Å². The number of benzene rings is 1. The van der Waals surface area contributed by atoms with Gasteiger partial charge < -0.3 is 16.0 Å². The van der Waals surface area contributed by atoms with E-state index in [-0.39, 0.29) is 35.8 Å². The van der Waals surface area contributed by atoms with Gasteiger partial charge in [-0.05, 0) is 25.0 Å². The molecule has 3 N–H and O–H groups in total. The molecule has 0 bridgehead atoms. The molecule has 2 aliphatic heterocycles. The van der Waals surface area contributed by atoms with Crippen molar-refractivity contribution in [2.75, 3.05) is 11.1 Å². The van der Waals surface area contributed by atoms with Crippen LogP contribution in [0.2, 0.25) is 0 Å². The van der Waals surface area contributed by atoms with Gasteiger partial charge in [0.25, 0.3) is 0 Å². The van der Waals surface area contributed by atoms with Crippen LogP contribution in [0, 0.1) is 5.82 Å². The zero-order chi connectivity index (χ0) is 18.0. The summed E-state index contributed by atoms with van der Waals surface area (Å²) in [6, 6.07) is 4.81. The summed E-state index contributed by atoms with van der Waals surface area (Å²) in [4.78, 5) is 23.2. The molecule has 0 aromatic heterocycles. The first kappa shape index (κ1) is 17.7. The highest BCUT2D eigenvalue weighted by Crippen LogP contribution is 2.28. The van der Waals surface area contributed by atoms with E-state index in [1.807, 2.05) is 0 Å². The van der Waals surface area contributed by atoms with Crippen molar-refractivity contribution in [2.24, 2.45) is 0 Å². The number of anilines is 1. The average molecular weight is 369 g/mol. The zero-order valence-corrected chi connectivity index (χ0v) is 14.3. The average Bonchev–Trinajstić information content (AvgIpc) is 2.98. The van der Waals surface area contributed by atoms with Gasteiger partial charge in [-0.3, -0.25) is 4.79 Å². The summed E-state index contributed by atoms with van der Waals surface area (Å²) in [5.41, 5.74) is 0.133. The number of rotatable bonds is 6. The number of nitrogens with one attached hydrogen (secondary N) is 3. The van der Waals surface area contributed by atoms with E-state index < -0.39 is 26.9 Å². The van der Waals surface area contributed by atoms with Gasteiger partial charge in [-0.1, -0.05) is 18.6 Å². The lowest BCUT2D eigenvalue weighted by molar-refractivity contribution is -0.116. The monoisotopic (exact) mass is 369 g/mol. The minimum atomic E-state index is -3.25. The molecule has 7 nitrogen and oxygen atoms in total. The predicted molar refractivity (Wildman–Crippen MR) is 90.3 cm³/mol. The second kappa shape index (κ2) is 6.99. The summed E-state index contributed by atoms with van der Waals surface area (Å²) in [5.74, 6) is -0.856. The number of fused-ring (bicyclic) bond motifs is 1.